The van der Waals surface area contributed by atoms with Crippen LogP contribution < -0.4 is 5.48 Å². The molecule has 1 saturated carbocycles. The van der Waals surface area contributed by atoms with Crippen LogP contribution in [0.25, 0.3) is 0 Å². The lowest BCUT2D eigenvalue weighted by molar-refractivity contribution is -0.0246. The maximum Gasteiger partial charge on any atom is 0.120 e. The number of hydroxylamine groups is 1. The molecule has 0 unspecified atom stereocenters. The molecule has 2 rings (SSSR count). The van der Waals surface area contributed by atoms with Crippen LogP contribution in [0.5, 0.6) is 5.75 Å². The predicted molar refractivity (Wildman–Crippen MR) is 58.3 cm³/mol. The highest BCUT2D eigenvalue weighted by Gasteiger charge is 2.15. The van der Waals surface area contributed by atoms with E-state index < -0.39 is 0 Å². The van der Waals surface area contributed by atoms with E-state index in [1.165, 1.54) is 12.8 Å². The molecule has 0 aromatic heterocycles. The van der Waals surface area contributed by atoms with Gasteiger partial charge in [-0.3, -0.25) is 4.84 Å². The Morgan fingerprint density at radius 3 is 2.73 bits per heavy atom. The minimum atomic E-state index is 0.319. The number of rotatable bonds is 4. The Morgan fingerprint density at radius 1 is 1.27 bits per heavy atom. The van der Waals surface area contributed by atoms with Crippen LogP contribution in [0.4, 0.5) is 0 Å². The Hall–Kier alpha value is -1.06. The van der Waals surface area contributed by atoms with E-state index in [1.54, 1.807) is 6.07 Å². The molecule has 82 valence electrons. The van der Waals surface area contributed by atoms with E-state index in [4.69, 9.17) is 4.84 Å². The van der Waals surface area contributed by atoms with Gasteiger partial charge >= 0.3 is 0 Å². The number of nitrogens with one attached hydrogen (secondary N) is 1. The summed E-state index contributed by atoms with van der Waals surface area (Å²) in [5.74, 6) is 0.319. The fourth-order valence-electron chi connectivity index (χ4n) is 1.90. The van der Waals surface area contributed by atoms with Gasteiger partial charge in [-0.1, -0.05) is 31.0 Å². The zero-order chi connectivity index (χ0) is 10.5. The summed E-state index contributed by atoms with van der Waals surface area (Å²) in [5.41, 5.74) is 3.80. The van der Waals surface area contributed by atoms with E-state index in [1.807, 2.05) is 18.2 Å². The lowest BCUT2D eigenvalue weighted by Crippen LogP contribution is -2.21. The van der Waals surface area contributed by atoms with E-state index in [9.17, 15) is 5.11 Å². The first-order chi connectivity index (χ1) is 7.36. The highest BCUT2D eigenvalue weighted by molar-refractivity contribution is 5.31. The van der Waals surface area contributed by atoms with Crippen molar-refractivity contribution in [1.29, 1.82) is 0 Å². The predicted octanol–water partition coefficient (Wildman–Crippen LogP) is 2.36. The van der Waals surface area contributed by atoms with Gasteiger partial charge in [0.25, 0.3) is 0 Å². The van der Waals surface area contributed by atoms with Crippen LogP contribution in [0, 0.1) is 0 Å². The summed E-state index contributed by atoms with van der Waals surface area (Å²) in [5, 5.41) is 9.51. The molecule has 15 heavy (non-hydrogen) atoms. The maximum absolute atomic E-state index is 9.51. The van der Waals surface area contributed by atoms with Crippen LogP contribution in [0.1, 0.15) is 31.2 Å². The fourth-order valence-corrected chi connectivity index (χ4v) is 1.90. The van der Waals surface area contributed by atoms with Gasteiger partial charge in [0.2, 0.25) is 0 Å². The SMILES string of the molecule is Oc1ccccc1CNOC1CCCC1. The molecule has 0 atom stereocenters. The minimum absolute atomic E-state index is 0.319. The third-order valence-corrected chi connectivity index (χ3v) is 2.81. The van der Waals surface area contributed by atoms with E-state index in [0.29, 0.717) is 18.4 Å². The van der Waals surface area contributed by atoms with Crippen molar-refractivity contribution < 1.29 is 9.94 Å². The summed E-state index contributed by atoms with van der Waals surface area (Å²) in [7, 11) is 0. The van der Waals surface area contributed by atoms with Gasteiger partial charge in [0.05, 0.1) is 6.10 Å². The Balaban J connectivity index is 1.75. The average molecular weight is 207 g/mol. The second-order valence-corrected chi connectivity index (χ2v) is 3.97. The summed E-state index contributed by atoms with van der Waals surface area (Å²) in [6, 6.07) is 7.30. The first-order valence-corrected chi connectivity index (χ1v) is 5.51. The normalized spacial score (nSPS) is 17.1. The Bertz CT molecular complexity index is 308. The van der Waals surface area contributed by atoms with Crippen molar-refractivity contribution in [2.75, 3.05) is 0 Å². The maximum atomic E-state index is 9.51. The Kier molecular flexibility index (Phi) is 3.59. The zero-order valence-electron chi connectivity index (χ0n) is 8.78. The summed E-state index contributed by atoms with van der Waals surface area (Å²) in [4.78, 5) is 5.50. The molecule has 1 aromatic rings. The molecule has 3 nitrogen and oxygen atoms in total. The molecule has 0 amide bonds. The Morgan fingerprint density at radius 2 is 2.00 bits per heavy atom. The lowest BCUT2D eigenvalue weighted by Gasteiger charge is -2.12. The molecule has 0 saturated heterocycles. The monoisotopic (exact) mass is 207 g/mol. The lowest BCUT2D eigenvalue weighted by atomic mass is 10.2. The number of phenolic OH excluding ortho intramolecular Hbond substituents is 1. The minimum Gasteiger partial charge on any atom is -0.508 e. The van der Waals surface area contributed by atoms with Gasteiger partial charge in [0.15, 0.2) is 0 Å². The molecule has 1 fully saturated rings. The summed E-state index contributed by atoms with van der Waals surface area (Å²) in [6.45, 7) is 0.559. The largest absolute Gasteiger partial charge is 0.508 e. The molecule has 0 bridgehead atoms. The van der Waals surface area contributed by atoms with Crippen molar-refractivity contribution in [3.05, 3.63) is 29.8 Å². The van der Waals surface area contributed by atoms with E-state index in [2.05, 4.69) is 5.48 Å². The van der Waals surface area contributed by atoms with Crippen LogP contribution in [-0.2, 0) is 11.4 Å². The van der Waals surface area contributed by atoms with Crippen molar-refractivity contribution in [1.82, 2.24) is 5.48 Å². The van der Waals surface area contributed by atoms with Gasteiger partial charge in [-0.2, -0.15) is 5.48 Å². The molecule has 3 heteroatoms. The molecule has 1 aliphatic rings. The number of hydrogen-bond donors (Lipinski definition) is 2. The van der Waals surface area contributed by atoms with E-state index in [-0.39, 0.29) is 0 Å². The standard InChI is InChI=1S/C12H17NO2/c14-12-8-4-1-5-10(12)9-13-15-11-6-2-3-7-11/h1,4-5,8,11,13-14H,2-3,6-7,9H2. The molecule has 1 aromatic carbocycles. The Labute approximate surface area is 90.0 Å². The third kappa shape index (κ3) is 2.94. The van der Waals surface area contributed by atoms with Crippen LogP contribution in [0.3, 0.4) is 0 Å². The second-order valence-electron chi connectivity index (χ2n) is 3.97. The van der Waals surface area contributed by atoms with Crippen molar-refractivity contribution in [3.63, 3.8) is 0 Å². The van der Waals surface area contributed by atoms with Crippen LogP contribution >= 0.6 is 0 Å². The quantitative estimate of drug-likeness (QED) is 0.745. The highest BCUT2D eigenvalue weighted by atomic mass is 16.7. The van der Waals surface area contributed by atoms with Crippen LogP contribution in [0.15, 0.2) is 24.3 Å². The zero-order valence-corrected chi connectivity index (χ0v) is 8.78. The first-order valence-electron chi connectivity index (χ1n) is 5.51. The second kappa shape index (κ2) is 5.14. The van der Waals surface area contributed by atoms with E-state index in [0.717, 1.165) is 18.4 Å². The summed E-state index contributed by atoms with van der Waals surface area (Å²) in [6.07, 6.45) is 5.18. The number of para-hydroxylation sites is 1. The van der Waals surface area contributed by atoms with Crippen molar-refractivity contribution in [2.45, 2.75) is 38.3 Å². The van der Waals surface area contributed by atoms with Gasteiger partial charge in [-0.05, 0) is 18.9 Å². The average Bonchev–Trinajstić information content (AvgIpc) is 2.74. The smallest absolute Gasteiger partial charge is 0.120 e. The summed E-state index contributed by atoms with van der Waals surface area (Å²) >= 11 is 0. The van der Waals surface area contributed by atoms with Gasteiger partial charge < -0.3 is 5.11 Å². The molecule has 0 spiro atoms. The van der Waals surface area contributed by atoms with Gasteiger partial charge in [-0.15, -0.1) is 0 Å². The molecule has 0 aliphatic heterocycles. The van der Waals surface area contributed by atoms with Crippen molar-refractivity contribution >= 4 is 0 Å². The topological polar surface area (TPSA) is 41.5 Å². The summed E-state index contributed by atoms with van der Waals surface area (Å²) < 4.78 is 0. The molecular weight excluding hydrogens is 190 g/mol. The third-order valence-electron chi connectivity index (χ3n) is 2.81. The van der Waals surface area contributed by atoms with Crippen molar-refractivity contribution in [3.8, 4) is 5.75 Å². The molecule has 2 N–H and O–H groups in total. The number of benzene rings is 1. The molecule has 0 radical (unpaired) electrons. The number of hydrogen-bond acceptors (Lipinski definition) is 3. The van der Waals surface area contributed by atoms with Crippen LogP contribution in [0.2, 0.25) is 0 Å². The van der Waals surface area contributed by atoms with Crippen LogP contribution in [-0.4, -0.2) is 11.2 Å². The highest BCUT2D eigenvalue weighted by Crippen LogP contribution is 2.20. The fraction of sp³-hybridized carbons (Fsp3) is 0.500. The molecule has 1 aliphatic carbocycles. The number of phenols is 1. The molecule has 0 heterocycles. The first kappa shape index (κ1) is 10.5. The van der Waals surface area contributed by atoms with E-state index >= 15 is 0 Å². The van der Waals surface area contributed by atoms with Gasteiger partial charge in [0, 0.05) is 12.1 Å². The molecular formula is C12H17NO2. The number of aromatic hydroxyl groups is 1. The van der Waals surface area contributed by atoms with Gasteiger partial charge in [-0.25, -0.2) is 0 Å². The van der Waals surface area contributed by atoms with Gasteiger partial charge in [0.1, 0.15) is 5.75 Å². The van der Waals surface area contributed by atoms with Crippen molar-refractivity contribution in [2.24, 2.45) is 0 Å².